The number of aromatic nitrogens is 5. The lowest BCUT2D eigenvalue weighted by atomic mass is 10.2. The first-order valence-corrected chi connectivity index (χ1v) is 7.99. The molecule has 0 saturated carbocycles. The number of carbonyl (C=O) groups excluding carboxylic acids is 1. The summed E-state index contributed by atoms with van der Waals surface area (Å²) in [7, 11) is 0. The molecule has 24 heavy (non-hydrogen) atoms. The van der Waals surface area contributed by atoms with Crippen LogP contribution in [0.3, 0.4) is 0 Å². The number of rotatable bonds is 3. The third-order valence-electron chi connectivity index (χ3n) is 4.34. The molecule has 0 radical (unpaired) electrons. The summed E-state index contributed by atoms with van der Waals surface area (Å²) in [4.78, 5) is 22.4. The molecule has 1 saturated heterocycles. The Kier molecular flexibility index (Phi) is 3.51. The average Bonchev–Trinajstić information content (AvgIpc) is 3.26. The van der Waals surface area contributed by atoms with Crippen molar-refractivity contribution in [2.24, 2.45) is 0 Å². The number of pyridine rings is 1. The van der Waals surface area contributed by atoms with E-state index in [1.807, 2.05) is 19.2 Å². The Morgan fingerprint density at radius 2 is 2.29 bits per heavy atom. The van der Waals surface area contributed by atoms with E-state index in [1.165, 1.54) is 0 Å². The quantitative estimate of drug-likeness (QED) is 0.729. The summed E-state index contributed by atoms with van der Waals surface area (Å²) in [5, 5.41) is 9.39. The Labute approximate surface area is 138 Å². The summed E-state index contributed by atoms with van der Waals surface area (Å²) in [6, 6.07) is 1.95. The zero-order chi connectivity index (χ0) is 16.7. The monoisotopic (exact) mass is 326 g/mol. The molecule has 1 aliphatic rings. The molecule has 0 bridgehead atoms. The van der Waals surface area contributed by atoms with Crippen molar-refractivity contribution in [3.63, 3.8) is 0 Å². The minimum Gasteiger partial charge on any atom is -0.337 e. The van der Waals surface area contributed by atoms with E-state index >= 15 is 0 Å². The van der Waals surface area contributed by atoms with Crippen LogP contribution in [-0.4, -0.2) is 42.3 Å². The number of hydrogen-bond donors (Lipinski definition) is 0. The zero-order valence-corrected chi connectivity index (χ0v) is 13.6. The number of aryl methyl sites for hydroxylation is 1. The molecule has 1 unspecified atom stereocenters. The van der Waals surface area contributed by atoms with Crippen LogP contribution in [-0.2, 0) is 11.3 Å². The Morgan fingerprint density at radius 3 is 3.12 bits per heavy atom. The Bertz CT molecular complexity index is 899. The topological polar surface area (TPSA) is 89.9 Å². The van der Waals surface area contributed by atoms with Crippen LogP contribution in [0, 0.1) is 6.92 Å². The minimum absolute atomic E-state index is 0.0430. The highest BCUT2D eigenvalue weighted by Crippen LogP contribution is 2.30. The molecule has 4 heterocycles. The molecule has 3 aromatic rings. The van der Waals surface area contributed by atoms with Gasteiger partial charge in [-0.25, -0.2) is 9.67 Å². The standard InChI is InChI=1S/C16H18N6O2/c1-10-6-12-8-18-22(16(12)17-7-10)9-14-19-15(20-24-14)13-4-3-5-21(13)11(2)23/h6-8,13H,3-5,9H2,1-2H3. The third-order valence-corrected chi connectivity index (χ3v) is 4.34. The number of nitrogens with zero attached hydrogens (tertiary/aromatic N) is 6. The number of hydrogen-bond acceptors (Lipinski definition) is 6. The fourth-order valence-corrected chi connectivity index (χ4v) is 3.21. The van der Waals surface area contributed by atoms with Gasteiger partial charge in [0.05, 0.1) is 12.2 Å². The van der Waals surface area contributed by atoms with Crippen molar-refractivity contribution < 1.29 is 9.32 Å². The molecule has 1 aliphatic heterocycles. The molecule has 0 aromatic carbocycles. The van der Waals surface area contributed by atoms with Gasteiger partial charge in [0.25, 0.3) is 0 Å². The van der Waals surface area contributed by atoms with Crippen LogP contribution >= 0.6 is 0 Å². The maximum Gasteiger partial charge on any atom is 0.248 e. The summed E-state index contributed by atoms with van der Waals surface area (Å²) < 4.78 is 7.10. The van der Waals surface area contributed by atoms with Crippen LogP contribution < -0.4 is 0 Å². The molecule has 1 atom stereocenters. The van der Waals surface area contributed by atoms with Crippen LogP contribution in [0.4, 0.5) is 0 Å². The van der Waals surface area contributed by atoms with Crippen molar-refractivity contribution in [1.29, 1.82) is 0 Å². The van der Waals surface area contributed by atoms with Gasteiger partial charge in [0.1, 0.15) is 6.54 Å². The van der Waals surface area contributed by atoms with Crippen molar-refractivity contribution in [2.45, 2.75) is 39.3 Å². The van der Waals surface area contributed by atoms with E-state index in [-0.39, 0.29) is 11.9 Å². The van der Waals surface area contributed by atoms with Gasteiger partial charge in [0, 0.05) is 25.1 Å². The predicted molar refractivity (Wildman–Crippen MR) is 85.0 cm³/mol. The summed E-state index contributed by atoms with van der Waals surface area (Å²) in [5.41, 5.74) is 1.87. The fraction of sp³-hybridized carbons (Fsp3) is 0.438. The van der Waals surface area contributed by atoms with Crippen molar-refractivity contribution in [3.8, 4) is 0 Å². The third kappa shape index (κ3) is 2.53. The van der Waals surface area contributed by atoms with Gasteiger partial charge in [-0.05, 0) is 31.4 Å². The van der Waals surface area contributed by atoms with Crippen molar-refractivity contribution in [3.05, 3.63) is 35.7 Å². The van der Waals surface area contributed by atoms with E-state index in [0.717, 1.165) is 36.0 Å². The minimum atomic E-state index is -0.0878. The molecular weight excluding hydrogens is 308 g/mol. The molecule has 0 spiro atoms. The predicted octanol–water partition coefficient (Wildman–Crippen LogP) is 1.85. The van der Waals surface area contributed by atoms with Gasteiger partial charge in [-0.15, -0.1) is 0 Å². The summed E-state index contributed by atoms with van der Waals surface area (Å²) in [6.45, 7) is 4.68. The first kappa shape index (κ1) is 14.8. The Hall–Kier alpha value is -2.77. The summed E-state index contributed by atoms with van der Waals surface area (Å²) in [5.74, 6) is 1.08. The van der Waals surface area contributed by atoms with Gasteiger partial charge < -0.3 is 9.42 Å². The number of amides is 1. The molecular formula is C16H18N6O2. The lowest BCUT2D eigenvalue weighted by Crippen LogP contribution is -2.28. The van der Waals surface area contributed by atoms with Crippen LogP contribution in [0.15, 0.2) is 23.0 Å². The molecule has 124 valence electrons. The van der Waals surface area contributed by atoms with Gasteiger partial charge in [0.2, 0.25) is 11.8 Å². The van der Waals surface area contributed by atoms with Gasteiger partial charge in [-0.1, -0.05) is 5.16 Å². The molecule has 4 rings (SSSR count). The fourth-order valence-electron chi connectivity index (χ4n) is 3.21. The van der Waals surface area contributed by atoms with E-state index in [2.05, 4.69) is 20.2 Å². The molecule has 1 amide bonds. The van der Waals surface area contributed by atoms with Crippen LogP contribution in [0.2, 0.25) is 0 Å². The molecule has 8 heteroatoms. The second-order valence-corrected chi connectivity index (χ2v) is 6.14. The zero-order valence-electron chi connectivity index (χ0n) is 13.6. The van der Waals surface area contributed by atoms with Crippen molar-refractivity contribution >= 4 is 16.9 Å². The molecule has 1 fully saturated rings. The van der Waals surface area contributed by atoms with Gasteiger partial charge >= 0.3 is 0 Å². The maximum atomic E-state index is 11.7. The van der Waals surface area contributed by atoms with Crippen LogP contribution in [0.5, 0.6) is 0 Å². The van der Waals surface area contributed by atoms with Gasteiger partial charge in [-0.3, -0.25) is 4.79 Å². The SMILES string of the molecule is CC(=O)N1CCCC1c1noc(Cn2ncc3cc(C)cnc32)n1. The highest BCUT2D eigenvalue weighted by atomic mass is 16.5. The highest BCUT2D eigenvalue weighted by Gasteiger charge is 2.31. The largest absolute Gasteiger partial charge is 0.337 e. The first-order chi connectivity index (χ1) is 11.6. The van der Waals surface area contributed by atoms with E-state index < -0.39 is 0 Å². The van der Waals surface area contributed by atoms with Crippen LogP contribution in [0.1, 0.15) is 43.1 Å². The second-order valence-electron chi connectivity index (χ2n) is 6.14. The highest BCUT2D eigenvalue weighted by molar-refractivity contribution is 5.75. The summed E-state index contributed by atoms with van der Waals surface area (Å²) >= 11 is 0. The van der Waals surface area contributed by atoms with E-state index in [0.29, 0.717) is 18.3 Å². The van der Waals surface area contributed by atoms with E-state index in [1.54, 1.807) is 22.7 Å². The van der Waals surface area contributed by atoms with Gasteiger partial charge in [0.15, 0.2) is 11.5 Å². The number of fused-ring (bicyclic) bond motifs is 1. The molecule has 3 aromatic heterocycles. The number of carbonyl (C=O) groups is 1. The second kappa shape index (κ2) is 5.70. The van der Waals surface area contributed by atoms with E-state index in [9.17, 15) is 4.79 Å². The maximum absolute atomic E-state index is 11.7. The average molecular weight is 326 g/mol. The Morgan fingerprint density at radius 1 is 1.42 bits per heavy atom. The Balaban J connectivity index is 1.57. The first-order valence-electron chi connectivity index (χ1n) is 7.99. The van der Waals surface area contributed by atoms with Crippen LogP contribution in [0.25, 0.3) is 11.0 Å². The normalized spacial score (nSPS) is 17.8. The van der Waals surface area contributed by atoms with Crippen molar-refractivity contribution in [2.75, 3.05) is 6.54 Å². The number of likely N-dealkylation sites (tertiary alicyclic amines) is 1. The van der Waals surface area contributed by atoms with Gasteiger partial charge in [-0.2, -0.15) is 10.1 Å². The lowest BCUT2D eigenvalue weighted by Gasteiger charge is -2.19. The lowest BCUT2D eigenvalue weighted by molar-refractivity contribution is -0.129. The molecule has 0 aliphatic carbocycles. The van der Waals surface area contributed by atoms with E-state index in [4.69, 9.17) is 4.52 Å². The van der Waals surface area contributed by atoms with Crippen molar-refractivity contribution in [1.82, 2.24) is 29.8 Å². The molecule has 0 N–H and O–H groups in total. The molecule has 8 nitrogen and oxygen atoms in total. The smallest absolute Gasteiger partial charge is 0.248 e. The summed E-state index contributed by atoms with van der Waals surface area (Å²) in [6.07, 6.45) is 5.41.